The molecule has 2 fully saturated rings. The number of aromatic amines is 1. The van der Waals surface area contributed by atoms with Crippen LogP contribution in [0.15, 0.2) is 65.5 Å². The van der Waals surface area contributed by atoms with Crippen LogP contribution >= 0.6 is 0 Å². The highest BCUT2D eigenvalue weighted by Crippen LogP contribution is 2.39. The van der Waals surface area contributed by atoms with Crippen LogP contribution in [0, 0.1) is 11.8 Å². The van der Waals surface area contributed by atoms with E-state index in [1.165, 1.54) is 30.9 Å². The Morgan fingerprint density at radius 3 is 2.48 bits per heavy atom. The number of alkyl halides is 3. The van der Waals surface area contributed by atoms with Gasteiger partial charge in [0.05, 0.1) is 5.69 Å². The van der Waals surface area contributed by atoms with Crippen LogP contribution in [0.4, 0.5) is 18.9 Å². The van der Waals surface area contributed by atoms with Gasteiger partial charge in [-0.3, -0.25) is 4.79 Å². The number of benzene rings is 2. The van der Waals surface area contributed by atoms with E-state index in [1.807, 2.05) is 30.3 Å². The number of rotatable bonds is 8. The Kier molecular flexibility index (Phi) is 8.82. The van der Waals surface area contributed by atoms with Crippen molar-refractivity contribution in [2.24, 2.45) is 11.8 Å². The lowest BCUT2D eigenvalue weighted by Gasteiger charge is -2.33. The van der Waals surface area contributed by atoms with Gasteiger partial charge in [-0.15, -0.1) is 0 Å². The van der Waals surface area contributed by atoms with Gasteiger partial charge in [0, 0.05) is 24.8 Å². The molecule has 3 aromatic rings. The fourth-order valence-electron chi connectivity index (χ4n) is 6.28. The van der Waals surface area contributed by atoms with E-state index in [-0.39, 0.29) is 0 Å². The Morgan fingerprint density at radius 1 is 1.05 bits per heavy atom. The molecule has 0 amide bonds. The van der Waals surface area contributed by atoms with Crippen molar-refractivity contribution in [2.45, 2.75) is 51.2 Å². The van der Waals surface area contributed by atoms with Crippen molar-refractivity contribution in [2.75, 3.05) is 24.5 Å². The normalized spacial score (nSPS) is 20.3. The van der Waals surface area contributed by atoms with Gasteiger partial charge in [0.15, 0.2) is 0 Å². The summed E-state index contributed by atoms with van der Waals surface area (Å²) in [7, 11) is 0. The quantitative estimate of drug-likeness (QED) is 0.278. The Labute approximate surface area is 242 Å². The second-order valence-electron chi connectivity index (χ2n) is 11.0. The van der Waals surface area contributed by atoms with Crippen molar-refractivity contribution < 1.29 is 27.5 Å². The SMILES string of the molecule is CCc1cc(C(=O)OC(=O)C(F)(F)F)c(=O)[nH]c1-c1ccc(N2C[C@@H]3CCC[C@@H](NCCc4ccccc4)[C@H]3C2)cc1. The molecule has 2 N–H and O–H groups in total. The first-order valence-electron chi connectivity index (χ1n) is 14.4. The predicted octanol–water partition coefficient (Wildman–Crippen LogP) is 5.29. The number of aromatic nitrogens is 1. The van der Waals surface area contributed by atoms with Crippen LogP contribution in [0.5, 0.6) is 0 Å². The lowest BCUT2D eigenvalue weighted by molar-refractivity contribution is -0.193. The maximum Gasteiger partial charge on any atom is 0.491 e. The average Bonchev–Trinajstić information content (AvgIpc) is 3.42. The van der Waals surface area contributed by atoms with Crippen LogP contribution in [-0.4, -0.2) is 48.8 Å². The highest BCUT2D eigenvalue weighted by atomic mass is 19.4. The van der Waals surface area contributed by atoms with Gasteiger partial charge < -0.3 is 19.9 Å². The molecule has 3 atom stereocenters. The first-order valence-corrected chi connectivity index (χ1v) is 14.4. The average molecular weight is 582 g/mol. The van der Waals surface area contributed by atoms with Crippen LogP contribution in [0.2, 0.25) is 0 Å². The molecule has 0 bridgehead atoms. The molecule has 0 spiro atoms. The van der Waals surface area contributed by atoms with Crippen LogP contribution in [0.1, 0.15) is 47.7 Å². The summed E-state index contributed by atoms with van der Waals surface area (Å²) in [6.45, 7) is 4.71. The minimum Gasteiger partial charge on any atom is -0.382 e. The molecule has 2 heterocycles. The monoisotopic (exact) mass is 581 g/mol. The Balaban J connectivity index is 1.26. The van der Waals surface area contributed by atoms with Crippen molar-refractivity contribution in [3.05, 3.63) is 87.7 Å². The van der Waals surface area contributed by atoms with Crippen LogP contribution in [0.25, 0.3) is 11.3 Å². The number of fused-ring (bicyclic) bond motifs is 1. The molecule has 5 rings (SSSR count). The van der Waals surface area contributed by atoms with Gasteiger partial charge in [-0.25, -0.2) is 9.59 Å². The number of hydrogen-bond acceptors (Lipinski definition) is 6. The minimum atomic E-state index is -5.34. The van der Waals surface area contributed by atoms with Crippen molar-refractivity contribution in [3.63, 3.8) is 0 Å². The number of esters is 2. The number of anilines is 1. The molecule has 7 nitrogen and oxygen atoms in total. The minimum absolute atomic E-state index is 0.384. The fourth-order valence-corrected chi connectivity index (χ4v) is 6.28. The number of ether oxygens (including phenoxy) is 1. The molecule has 0 radical (unpaired) electrons. The summed E-state index contributed by atoms with van der Waals surface area (Å²) in [5.74, 6) is -3.10. The molecular formula is C32H34F3N3O4. The highest BCUT2D eigenvalue weighted by Gasteiger charge is 2.43. The van der Waals surface area contributed by atoms with Gasteiger partial charge in [-0.2, -0.15) is 13.2 Å². The molecule has 1 aliphatic carbocycles. The molecule has 42 heavy (non-hydrogen) atoms. The Morgan fingerprint density at radius 2 is 1.79 bits per heavy atom. The zero-order chi connectivity index (χ0) is 29.9. The number of carbonyl (C=O) groups excluding carboxylic acids is 2. The van der Waals surface area contributed by atoms with E-state index in [0.29, 0.717) is 41.1 Å². The van der Waals surface area contributed by atoms with E-state index >= 15 is 0 Å². The lowest BCUT2D eigenvalue weighted by atomic mass is 9.78. The highest BCUT2D eigenvalue weighted by molar-refractivity contribution is 5.98. The first kappa shape index (κ1) is 29.6. The topological polar surface area (TPSA) is 91.5 Å². The second kappa shape index (κ2) is 12.5. The van der Waals surface area contributed by atoms with Crippen molar-refractivity contribution in [3.8, 4) is 11.3 Å². The number of aryl methyl sites for hydroxylation is 1. The lowest BCUT2D eigenvalue weighted by Crippen LogP contribution is -2.43. The smallest absolute Gasteiger partial charge is 0.382 e. The number of nitrogens with one attached hydrogen (secondary N) is 2. The first-order chi connectivity index (χ1) is 20.1. The number of hydrogen-bond donors (Lipinski definition) is 2. The molecule has 1 saturated heterocycles. The number of pyridine rings is 1. The summed E-state index contributed by atoms with van der Waals surface area (Å²) in [4.78, 5) is 40.8. The van der Waals surface area contributed by atoms with E-state index in [2.05, 4.69) is 44.2 Å². The third kappa shape index (κ3) is 6.59. The standard InChI is InChI=1S/C32H34F3N3O4/c1-2-21-17-25(30(40)42-31(41)32(33,34)35)29(39)37-28(21)22-11-13-24(14-12-22)38-18-23-9-6-10-27(26(23)19-38)36-16-15-20-7-4-3-5-8-20/h3-5,7-8,11-14,17,23,26-27,36H,2,6,9-10,15-16,18-19H2,1H3,(H,37,39)/t23-,26-,27+/m0/s1. The maximum absolute atomic E-state index is 12.6. The van der Waals surface area contributed by atoms with Crippen molar-refractivity contribution in [1.82, 2.24) is 10.3 Å². The van der Waals surface area contributed by atoms with Gasteiger partial charge in [0.2, 0.25) is 0 Å². The molecule has 1 aliphatic heterocycles. The summed E-state index contributed by atoms with van der Waals surface area (Å²) >= 11 is 0. The van der Waals surface area contributed by atoms with Gasteiger partial charge in [-0.05, 0) is 79.0 Å². The Bertz CT molecular complexity index is 1470. The number of nitrogens with zero attached hydrogens (tertiary/aromatic N) is 1. The van der Waals surface area contributed by atoms with Crippen molar-refractivity contribution in [1.29, 1.82) is 0 Å². The van der Waals surface area contributed by atoms with E-state index in [4.69, 9.17) is 0 Å². The number of H-pyrrole nitrogens is 1. The summed E-state index contributed by atoms with van der Waals surface area (Å²) < 4.78 is 41.3. The largest absolute Gasteiger partial charge is 0.491 e. The van der Waals surface area contributed by atoms with E-state index < -0.39 is 29.2 Å². The third-order valence-corrected chi connectivity index (χ3v) is 8.42. The zero-order valence-corrected chi connectivity index (χ0v) is 23.4. The molecule has 1 aromatic heterocycles. The van der Waals surface area contributed by atoms with E-state index in [9.17, 15) is 27.6 Å². The van der Waals surface area contributed by atoms with Gasteiger partial charge >= 0.3 is 18.1 Å². The Hall–Kier alpha value is -3.92. The molecule has 222 valence electrons. The van der Waals surface area contributed by atoms with Crippen molar-refractivity contribution >= 4 is 17.6 Å². The molecule has 2 aromatic carbocycles. The molecule has 2 aliphatic rings. The zero-order valence-electron chi connectivity index (χ0n) is 23.4. The number of carbonyl (C=O) groups is 2. The molecular weight excluding hydrogens is 547 g/mol. The summed E-state index contributed by atoms with van der Waals surface area (Å²) in [5, 5.41) is 3.82. The van der Waals surface area contributed by atoms with E-state index in [1.54, 1.807) is 6.92 Å². The fraction of sp³-hybridized carbons (Fsp3) is 0.406. The predicted molar refractivity (Wildman–Crippen MR) is 153 cm³/mol. The molecule has 0 unspecified atom stereocenters. The molecule has 10 heteroatoms. The summed E-state index contributed by atoms with van der Waals surface area (Å²) in [6.07, 6.45) is -0.321. The third-order valence-electron chi connectivity index (χ3n) is 8.42. The second-order valence-corrected chi connectivity index (χ2v) is 11.0. The van der Waals surface area contributed by atoms with Crippen LogP contribution < -0.4 is 15.8 Å². The summed E-state index contributed by atoms with van der Waals surface area (Å²) in [5.41, 5.74) is 2.54. The maximum atomic E-state index is 12.6. The number of halogens is 3. The van der Waals surface area contributed by atoms with Gasteiger partial charge in [0.25, 0.3) is 5.56 Å². The van der Waals surface area contributed by atoms with E-state index in [0.717, 1.165) is 31.7 Å². The molecule has 1 saturated carbocycles. The summed E-state index contributed by atoms with van der Waals surface area (Å²) in [6, 6.07) is 20.0. The van der Waals surface area contributed by atoms with Gasteiger partial charge in [-0.1, -0.05) is 55.8 Å². The van der Waals surface area contributed by atoms with Crippen LogP contribution in [0.3, 0.4) is 0 Å². The van der Waals surface area contributed by atoms with Crippen LogP contribution in [-0.2, 0) is 22.4 Å². The van der Waals surface area contributed by atoms with Gasteiger partial charge in [0.1, 0.15) is 5.56 Å².